The van der Waals surface area contributed by atoms with Crippen LogP contribution < -0.4 is 10.1 Å². The van der Waals surface area contributed by atoms with Gasteiger partial charge in [-0.1, -0.05) is 42.1 Å². The monoisotopic (exact) mass is 373 g/mol. The van der Waals surface area contributed by atoms with E-state index in [9.17, 15) is 9.18 Å². The fraction of sp³-hybridized carbons (Fsp3) is 0.167. The average molecular weight is 373 g/mol. The molecule has 1 heterocycles. The molecule has 2 aromatic carbocycles. The first-order valence-corrected chi connectivity index (χ1v) is 8.78. The van der Waals surface area contributed by atoms with E-state index in [0.717, 1.165) is 23.0 Å². The summed E-state index contributed by atoms with van der Waals surface area (Å²) in [6.45, 7) is 1.87. The van der Waals surface area contributed by atoms with Crippen molar-refractivity contribution in [3.63, 3.8) is 0 Å². The second-order valence-electron chi connectivity index (χ2n) is 5.33. The van der Waals surface area contributed by atoms with E-state index in [0.29, 0.717) is 0 Å². The maximum Gasteiger partial charge on any atom is 0.277 e. The number of aryl methyl sites for hydroxylation is 1. The van der Waals surface area contributed by atoms with Crippen molar-refractivity contribution >= 4 is 23.4 Å². The number of aromatic nitrogens is 2. The van der Waals surface area contributed by atoms with Gasteiger partial charge in [0.05, 0.1) is 5.75 Å². The van der Waals surface area contributed by atoms with Crippen LogP contribution in [0.15, 0.2) is 58.2 Å². The Bertz CT molecular complexity index is 901. The minimum absolute atomic E-state index is 0.0517. The van der Waals surface area contributed by atoms with Crippen LogP contribution >= 0.6 is 11.8 Å². The molecule has 0 fully saturated rings. The quantitative estimate of drug-likeness (QED) is 0.634. The van der Waals surface area contributed by atoms with Gasteiger partial charge >= 0.3 is 0 Å². The Labute approximate surface area is 153 Å². The highest BCUT2D eigenvalue weighted by Crippen LogP contribution is 2.20. The molecule has 0 atom stereocenters. The predicted molar refractivity (Wildman–Crippen MR) is 95.6 cm³/mol. The molecule has 3 aromatic rings. The predicted octanol–water partition coefficient (Wildman–Crippen LogP) is 3.83. The third-order valence-corrected chi connectivity index (χ3v) is 4.20. The van der Waals surface area contributed by atoms with Crippen LogP contribution in [-0.2, 0) is 11.4 Å². The molecule has 1 aromatic heterocycles. The van der Waals surface area contributed by atoms with Crippen LogP contribution in [0, 0.1) is 12.7 Å². The molecule has 0 aliphatic rings. The molecule has 0 radical (unpaired) electrons. The summed E-state index contributed by atoms with van der Waals surface area (Å²) in [7, 11) is 0. The van der Waals surface area contributed by atoms with E-state index >= 15 is 0 Å². The van der Waals surface area contributed by atoms with Gasteiger partial charge in [-0.3, -0.25) is 4.79 Å². The van der Waals surface area contributed by atoms with Crippen LogP contribution in [0.3, 0.4) is 0 Å². The molecule has 0 bridgehead atoms. The first-order chi connectivity index (χ1) is 12.6. The topological polar surface area (TPSA) is 77.2 Å². The lowest BCUT2D eigenvalue weighted by Gasteiger charge is -2.06. The molecule has 0 aliphatic heterocycles. The summed E-state index contributed by atoms with van der Waals surface area (Å²) in [4.78, 5) is 12.0. The molecule has 0 spiro atoms. The Balaban J connectivity index is 1.48. The lowest BCUT2D eigenvalue weighted by molar-refractivity contribution is -0.113. The molecule has 1 N–H and O–H groups in total. The number of ether oxygens (including phenoxy) is 1. The number of halogens is 1. The second kappa shape index (κ2) is 8.48. The number of nitrogens with one attached hydrogen (secondary N) is 1. The van der Waals surface area contributed by atoms with E-state index in [2.05, 4.69) is 15.5 Å². The van der Waals surface area contributed by atoms with Crippen molar-refractivity contribution in [1.82, 2.24) is 10.2 Å². The van der Waals surface area contributed by atoms with Gasteiger partial charge in [0.1, 0.15) is 0 Å². The van der Waals surface area contributed by atoms with Crippen molar-refractivity contribution in [2.24, 2.45) is 0 Å². The third kappa shape index (κ3) is 4.82. The van der Waals surface area contributed by atoms with Gasteiger partial charge in [-0.15, -0.1) is 10.2 Å². The second-order valence-corrected chi connectivity index (χ2v) is 6.26. The van der Waals surface area contributed by atoms with Crippen molar-refractivity contribution in [3.05, 3.63) is 65.8 Å². The van der Waals surface area contributed by atoms with Crippen molar-refractivity contribution in [2.45, 2.75) is 18.8 Å². The van der Waals surface area contributed by atoms with E-state index in [1.165, 1.54) is 12.1 Å². The highest BCUT2D eigenvalue weighted by atomic mass is 32.2. The van der Waals surface area contributed by atoms with Gasteiger partial charge in [-0.05, 0) is 30.7 Å². The Kier molecular flexibility index (Phi) is 5.85. The normalized spacial score (nSPS) is 10.5. The van der Waals surface area contributed by atoms with Crippen molar-refractivity contribution < 1.29 is 18.3 Å². The molecular weight excluding hydrogens is 357 g/mol. The minimum Gasteiger partial charge on any atom is -0.481 e. The molecule has 1 amide bonds. The van der Waals surface area contributed by atoms with Crippen LogP contribution in [0.5, 0.6) is 5.75 Å². The molecule has 0 saturated heterocycles. The number of hydrogen-bond donors (Lipinski definition) is 1. The summed E-state index contributed by atoms with van der Waals surface area (Å²) in [5.74, 6) is -0.196. The van der Waals surface area contributed by atoms with E-state index < -0.39 is 5.82 Å². The van der Waals surface area contributed by atoms with Crippen LogP contribution in [0.1, 0.15) is 11.5 Å². The standard InChI is InChI=1S/C18H16FN3O3S/c1-12-6-2-4-8-14(12)20-16(23)11-26-18-22-21-17(25-18)10-24-15-9-5-3-7-13(15)19/h2-9H,10-11H2,1H3,(H,20,23). The lowest BCUT2D eigenvalue weighted by atomic mass is 10.2. The first kappa shape index (κ1) is 17.9. The maximum atomic E-state index is 13.5. The van der Waals surface area contributed by atoms with E-state index in [1.54, 1.807) is 12.1 Å². The molecule has 26 heavy (non-hydrogen) atoms. The number of anilines is 1. The maximum absolute atomic E-state index is 13.5. The number of benzene rings is 2. The lowest BCUT2D eigenvalue weighted by Crippen LogP contribution is -2.14. The van der Waals surface area contributed by atoms with Crippen molar-refractivity contribution in [1.29, 1.82) is 0 Å². The summed E-state index contributed by atoms with van der Waals surface area (Å²) in [6.07, 6.45) is 0. The zero-order valence-corrected chi connectivity index (χ0v) is 14.8. The summed E-state index contributed by atoms with van der Waals surface area (Å²) >= 11 is 1.12. The molecule has 3 rings (SSSR count). The van der Waals surface area contributed by atoms with Gasteiger partial charge in [-0.25, -0.2) is 4.39 Å². The smallest absolute Gasteiger partial charge is 0.277 e. The minimum atomic E-state index is -0.463. The van der Waals surface area contributed by atoms with Gasteiger partial charge < -0.3 is 14.5 Å². The van der Waals surface area contributed by atoms with Crippen LogP contribution in [0.2, 0.25) is 0 Å². The molecule has 0 unspecified atom stereocenters. The first-order valence-electron chi connectivity index (χ1n) is 7.80. The number of nitrogens with zero attached hydrogens (tertiary/aromatic N) is 2. The summed E-state index contributed by atoms with van der Waals surface area (Å²) < 4.78 is 24.2. The Morgan fingerprint density at radius 2 is 1.96 bits per heavy atom. The van der Waals surface area contributed by atoms with Crippen LogP contribution in [0.4, 0.5) is 10.1 Å². The zero-order valence-electron chi connectivity index (χ0n) is 13.9. The molecule has 6 nitrogen and oxygen atoms in total. The van der Waals surface area contributed by atoms with Crippen molar-refractivity contribution in [2.75, 3.05) is 11.1 Å². The van der Waals surface area contributed by atoms with Gasteiger partial charge in [0.25, 0.3) is 11.1 Å². The Morgan fingerprint density at radius 1 is 1.19 bits per heavy atom. The highest BCUT2D eigenvalue weighted by Gasteiger charge is 2.12. The Morgan fingerprint density at radius 3 is 2.77 bits per heavy atom. The van der Waals surface area contributed by atoms with E-state index in [4.69, 9.17) is 9.15 Å². The largest absolute Gasteiger partial charge is 0.481 e. The average Bonchev–Trinajstić information content (AvgIpc) is 3.09. The molecule has 8 heteroatoms. The zero-order chi connectivity index (χ0) is 18.4. The van der Waals surface area contributed by atoms with Gasteiger partial charge in [0, 0.05) is 5.69 Å². The Hall–Kier alpha value is -2.87. The number of carbonyl (C=O) groups is 1. The number of hydrogen-bond acceptors (Lipinski definition) is 6. The summed E-state index contributed by atoms with van der Waals surface area (Å²) in [5, 5.41) is 10.7. The SMILES string of the molecule is Cc1ccccc1NC(=O)CSc1nnc(COc2ccccc2F)o1. The van der Waals surface area contributed by atoms with E-state index in [1.807, 2.05) is 31.2 Å². The number of thioether (sulfide) groups is 1. The third-order valence-electron chi connectivity index (χ3n) is 3.38. The number of para-hydroxylation sites is 2. The molecule has 0 aliphatic carbocycles. The van der Waals surface area contributed by atoms with E-state index in [-0.39, 0.29) is 35.1 Å². The fourth-order valence-corrected chi connectivity index (χ4v) is 2.66. The van der Waals surface area contributed by atoms with Gasteiger partial charge in [-0.2, -0.15) is 0 Å². The summed E-state index contributed by atoms with van der Waals surface area (Å²) in [6, 6.07) is 13.6. The number of amides is 1. The number of rotatable bonds is 7. The highest BCUT2D eigenvalue weighted by molar-refractivity contribution is 7.99. The summed E-state index contributed by atoms with van der Waals surface area (Å²) in [5.41, 5.74) is 1.75. The van der Waals surface area contributed by atoms with Crippen molar-refractivity contribution in [3.8, 4) is 5.75 Å². The molecular formula is C18H16FN3O3S. The number of carbonyl (C=O) groups excluding carboxylic acids is 1. The van der Waals surface area contributed by atoms with Gasteiger partial charge in [0.15, 0.2) is 18.2 Å². The molecule has 0 saturated carbocycles. The fourth-order valence-electron chi connectivity index (χ4n) is 2.08. The van der Waals surface area contributed by atoms with Crippen LogP contribution in [0.25, 0.3) is 0 Å². The van der Waals surface area contributed by atoms with Crippen LogP contribution in [-0.4, -0.2) is 21.9 Å². The molecule has 134 valence electrons. The van der Waals surface area contributed by atoms with Gasteiger partial charge in [0.2, 0.25) is 5.91 Å².